The molecule has 0 heterocycles. The van der Waals surface area contributed by atoms with Crippen molar-refractivity contribution in [1.82, 2.24) is 0 Å². The molecule has 0 aromatic heterocycles. The van der Waals surface area contributed by atoms with E-state index in [1.807, 2.05) is 18.2 Å². The molecule has 0 saturated carbocycles. The topological polar surface area (TPSA) is 83.1 Å². The first-order chi connectivity index (χ1) is 23.4. The van der Waals surface area contributed by atoms with Crippen molar-refractivity contribution in [3.8, 4) is 51.7 Å². The number of rotatable bonds is 13. The Bertz CT molecular complexity index is 1700. The molecule has 14 heteroatoms. The molecule has 0 bridgehead atoms. The molecule has 0 spiro atoms. The van der Waals surface area contributed by atoms with E-state index in [1.54, 1.807) is 64.0 Å². The quantitative estimate of drug-likeness (QED) is 0.0762. The zero-order chi connectivity index (χ0) is 36.5. The molecule has 290 valence electrons. The summed E-state index contributed by atoms with van der Waals surface area (Å²) in [6.07, 6.45) is 0. The zero-order valence-corrected chi connectivity index (χ0v) is 38.4. The Kier molecular flexibility index (Phi) is 18.9. The average Bonchev–Trinajstić information content (AvgIpc) is 3.30. The van der Waals surface area contributed by atoms with Crippen LogP contribution >= 0.6 is 0 Å². The van der Waals surface area contributed by atoms with Crippen LogP contribution in [0.25, 0.3) is 0 Å². The molecule has 0 aliphatic carbocycles. The number of benzene rings is 3. The fourth-order valence-corrected chi connectivity index (χ4v) is 14.5. The van der Waals surface area contributed by atoms with Crippen LogP contribution < -0.4 is 101 Å². The van der Waals surface area contributed by atoms with Crippen molar-refractivity contribution >= 4 is 28.8 Å². The second kappa shape index (κ2) is 20.1. The molecule has 4 aromatic carbocycles. The van der Waals surface area contributed by atoms with Crippen LogP contribution in [-0.4, -0.2) is 72.1 Å². The maximum Gasteiger partial charge on any atom is 4.00 e. The SMILES string of the molecule is COc1cc(OC)c([Si](c2c(OC)cc(OC)c(OC)c2C)(c2c(OC)cc(OC)c(OC)c2C)c2c(C)c(C)c(C)[c-]2C)c(C)c1OC.[Cl-].[Cl-].[Cl-].[Ti+4]. The smallest absolute Gasteiger partial charge is 1.00 e. The minimum atomic E-state index is -3.76. The molecule has 0 aliphatic heterocycles. The van der Waals surface area contributed by atoms with Gasteiger partial charge in [-0.05, 0) is 37.5 Å². The second-order valence-electron chi connectivity index (χ2n) is 12.1. The molecule has 0 saturated heterocycles. The number of halogens is 3. The number of methoxy groups -OCH3 is 9. The van der Waals surface area contributed by atoms with Crippen LogP contribution in [0.5, 0.6) is 51.7 Å². The van der Waals surface area contributed by atoms with Crippen molar-refractivity contribution in [1.29, 1.82) is 0 Å². The van der Waals surface area contributed by atoms with Crippen molar-refractivity contribution in [2.24, 2.45) is 0 Å². The normalized spacial score (nSPS) is 10.4. The maximum atomic E-state index is 6.39. The zero-order valence-electron chi connectivity index (χ0n) is 33.5. The van der Waals surface area contributed by atoms with E-state index in [1.165, 1.54) is 16.3 Å². The fourth-order valence-electron chi connectivity index (χ4n) is 7.85. The van der Waals surface area contributed by atoms with Crippen molar-refractivity contribution in [2.45, 2.75) is 48.5 Å². The van der Waals surface area contributed by atoms with Gasteiger partial charge in [-0.15, -0.1) is 0 Å². The van der Waals surface area contributed by atoms with Gasteiger partial charge in [0.1, 0.15) is 17.2 Å². The van der Waals surface area contributed by atoms with Gasteiger partial charge < -0.3 is 79.9 Å². The summed E-state index contributed by atoms with van der Waals surface area (Å²) in [6.45, 7) is 14.9. The van der Waals surface area contributed by atoms with Crippen molar-refractivity contribution in [3.05, 3.63) is 57.1 Å². The van der Waals surface area contributed by atoms with E-state index in [4.69, 9.17) is 42.6 Å². The van der Waals surface area contributed by atoms with Gasteiger partial charge >= 0.3 is 21.7 Å². The summed E-state index contributed by atoms with van der Waals surface area (Å²) in [4.78, 5) is 0. The summed E-state index contributed by atoms with van der Waals surface area (Å²) in [6, 6.07) is 5.71. The first-order valence-electron chi connectivity index (χ1n) is 16.0. The molecule has 0 fully saturated rings. The summed E-state index contributed by atoms with van der Waals surface area (Å²) < 4.78 is 55.2. The average molecular weight is 846 g/mol. The van der Waals surface area contributed by atoms with E-state index in [-0.39, 0.29) is 58.9 Å². The van der Waals surface area contributed by atoms with Crippen LogP contribution in [0.1, 0.15) is 38.9 Å². The van der Waals surface area contributed by atoms with Gasteiger partial charge in [0.25, 0.3) is 0 Å². The summed E-state index contributed by atoms with van der Waals surface area (Å²) in [5.74, 6) is 5.34. The molecule has 0 N–H and O–H groups in total. The van der Waals surface area contributed by atoms with Gasteiger partial charge in [-0.25, -0.2) is 0 Å². The van der Waals surface area contributed by atoms with Gasteiger partial charge in [0.2, 0.25) is 0 Å². The van der Waals surface area contributed by atoms with E-state index >= 15 is 0 Å². The predicted octanol–water partition coefficient (Wildman–Crippen LogP) is -3.97. The molecular formula is C39H51Cl3O9SiTi. The number of hydrogen-bond acceptors (Lipinski definition) is 9. The van der Waals surface area contributed by atoms with Crippen LogP contribution in [0.4, 0.5) is 0 Å². The Morgan fingerprint density at radius 2 is 0.660 bits per heavy atom. The molecule has 0 radical (unpaired) electrons. The van der Waals surface area contributed by atoms with E-state index in [0.717, 1.165) is 43.4 Å². The molecule has 53 heavy (non-hydrogen) atoms. The number of ether oxygens (including phenoxy) is 9. The molecule has 0 unspecified atom stereocenters. The van der Waals surface area contributed by atoms with Gasteiger partial charge in [-0.2, -0.15) is 27.4 Å². The Hall–Kier alpha value is -2.99. The largest absolute Gasteiger partial charge is 4.00 e. The van der Waals surface area contributed by atoms with Crippen LogP contribution in [-0.2, 0) is 21.7 Å². The fraction of sp³-hybridized carbons (Fsp3) is 0.410. The van der Waals surface area contributed by atoms with Gasteiger partial charge in [0, 0.05) is 33.8 Å². The Morgan fingerprint density at radius 3 is 0.849 bits per heavy atom. The third-order valence-corrected chi connectivity index (χ3v) is 15.8. The van der Waals surface area contributed by atoms with Gasteiger partial charge in [-0.3, -0.25) is 0 Å². The third-order valence-electron chi connectivity index (χ3n) is 10.2. The summed E-state index contributed by atoms with van der Waals surface area (Å²) in [5.41, 5.74) is 7.29. The third kappa shape index (κ3) is 7.65. The Morgan fingerprint density at radius 1 is 0.396 bits per heavy atom. The molecular weight excluding hydrogens is 795 g/mol. The van der Waals surface area contributed by atoms with Crippen molar-refractivity contribution in [2.75, 3.05) is 64.0 Å². The van der Waals surface area contributed by atoms with Crippen molar-refractivity contribution < 1.29 is 102 Å². The van der Waals surface area contributed by atoms with E-state index in [9.17, 15) is 0 Å². The molecule has 0 amide bonds. The van der Waals surface area contributed by atoms with Gasteiger partial charge in [0.05, 0.1) is 64.0 Å². The van der Waals surface area contributed by atoms with E-state index in [0.29, 0.717) is 51.7 Å². The minimum absolute atomic E-state index is 0. The van der Waals surface area contributed by atoms with E-state index < -0.39 is 8.07 Å². The number of hydrogen-bond donors (Lipinski definition) is 0. The molecule has 9 nitrogen and oxygen atoms in total. The van der Waals surface area contributed by atoms with Crippen LogP contribution in [0.15, 0.2) is 18.2 Å². The molecule has 0 atom stereocenters. The molecule has 0 aliphatic rings. The van der Waals surface area contributed by atoms with Crippen LogP contribution in [0.3, 0.4) is 0 Å². The first-order valence-corrected chi connectivity index (χ1v) is 18.0. The summed E-state index contributed by atoms with van der Waals surface area (Å²) >= 11 is 0. The van der Waals surface area contributed by atoms with Crippen LogP contribution in [0.2, 0.25) is 0 Å². The second-order valence-corrected chi connectivity index (χ2v) is 15.6. The Balaban J connectivity index is 0.00000676. The minimum Gasteiger partial charge on any atom is -1.00 e. The van der Waals surface area contributed by atoms with Gasteiger partial charge in [-0.1, -0.05) is 27.7 Å². The van der Waals surface area contributed by atoms with E-state index in [2.05, 4.69) is 48.5 Å². The van der Waals surface area contributed by atoms with Gasteiger partial charge in [0.15, 0.2) is 42.6 Å². The van der Waals surface area contributed by atoms with Crippen LogP contribution in [0, 0.1) is 48.5 Å². The maximum absolute atomic E-state index is 6.39. The Labute approximate surface area is 349 Å². The molecule has 4 rings (SSSR count). The van der Waals surface area contributed by atoms with Crippen molar-refractivity contribution in [3.63, 3.8) is 0 Å². The summed E-state index contributed by atoms with van der Waals surface area (Å²) in [5, 5.41) is 3.97. The standard InChI is InChI=1S/C39H51O9Si.3ClH.Ti/c1-20-21(2)23(4)36(22(20)3)49(37-24(5)33(46-14)27(40-8)17-30(37)43-11,38-25(6)34(47-15)28(41-9)18-31(38)44-12)39-26(7)35(48-16)29(42-10)19-32(39)45-13;;;;/h17-19H,1-16H3;3*1H;/q-1;;;;+4/p-3. The first kappa shape index (κ1) is 50.0. The predicted molar refractivity (Wildman–Crippen MR) is 198 cm³/mol. The molecule has 4 aromatic rings. The monoisotopic (exact) mass is 844 g/mol. The summed E-state index contributed by atoms with van der Waals surface area (Å²) in [7, 11) is 11.1.